The van der Waals surface area contributed by atoms with Gasteiger partial charge >= 0.3 is 12.1 Å². The number of nitriles is 1. The molecular formula is C32H32F2N6O5S. The van der Waals surface area contributed by atoms with E-state index in [1.165, 1.54) is 6.20 Å². The van der Waals surface area contributed by atoms with Crippen LogP contribution >= 0.6 is 11.3 Å². The lowest BCUT2D eigenvalue weighted by Gasteiger charge is -2.30. The van der Waals surface area contributed by atoms with E-state index < -0.39 is 23.3 Å². The molecule has 14 heteroatoms. The maximum atomic E-state index is 16.8. The SMILES string of the molecule is CO[C@H]1CN2CCC[C@@]2(COc2ncc3c4c(c(-c5ncc(F)c6sc(NC(=O)OC(C)(C)C)c(C#N)c56)c(F)c3n2)COC4)C1. The molecule has 0 spiro atoms. The van der Waals surface area contributed by atoms with Crippen LogP contribution in [0.5, 0.6) is 6.01 Å². The van der Waals surface area contributed by atoms with Crippen LogP contribution < -0.4 is 10.1 Å². The van der Waals surface area contributed by atoms with Gasteiger partial charge in [0.25, 0.3) is 0 Å². The summed E-state index contributed by atoms with van der Waals surface area (Å²) < 4.78 is 54.8. The van der Waals surface area contributed by atoms with Crippen LogP contribution in [0.3, 0.4) is 0 Å². The normalized spacial score (nSPS) is 21.0. The Bertz CT molecular complexity index is 1940. The molecule has 3 aliphatic heterocycles. The van der Waals surface area contributed by atoms with Gasteiger partial charge in [-0.3, -0.25) is 15.2 Å². The zero-order valence-corrected chi connectivity index (χ0v) is 26.6. The largest absolute Gasteiger partial charge is 0.461 e. The Hall–Kier alpha value is -4.03. The number of hydrogen-bond acceptors (Lipinski definition) is 11. The molecule has 1 aromatic carbocycles. The Morgan fingerprint density at radius 2 is 2.07 bits per heavy atom. The summed E-state index contributed by atoms with van der Waals surface area (Å²) in [7, 11) is 1.72. The minimum atomic E-state index is -0.809. The number of fused-ring (bicyclic) bond motifs is 5. The maximum absolute atomic E-state index is 16.8. The van der Waals surface area contributed by atoms with Crippen LogP contribution in [0, 0.1) is 23.0 Å². The van der Waals surface area contributed by atoms with Gasteiger partial charge in [0.05, 0.1) is 47.0 Å². The lowest BCUT2D eigenvalue weighted by atomic mass is 9.94. The summed E-state index contributed by atoms with van der Waals surface area (Å²) in [5, 5.41) is 13.3. The van der Waals surface area contributed by atoms with Gasteiger partial charge in [-0.1, -0.05) is 0 Å². The third-order valence-corrected chi connectivity index (χ3v) is 10.00. The van der Waals surface area contributed by atoms with Crippen molar-refractivity contribution in [1.82, 2.24) is 19.9 Å². The third kappa shape index (κ3) is 5.11. The molecule has 1 amide bonds. The van der Waals surface area contributed by atoms with Crippen LogP contribution in [0.15, 0.2) is 12.4 Å². The van der Waals surface area contributed by atoms with Crippen molar-refractivity contribution < 1.29 is 32.5 Å². The fourth-order valence-electron chi connectivity index (χ4n) is 6.89. The lowest BCUT2D eigenvalue weighted by Crippen LogP contribution is -2.43. The number of halogens is 2. The maximum Gasteiger partial charge on any atom is 0.412 e. The minimum Gasteiger partial charge on any atom is -0.461 e. The predicted molar refractivity (Wildman–Crippen MR) is 166 cm³/mol. The molecule has 3 aliphatic rings. The molecule has 0 bridgehead atoms. The summed E-state index contributed by atoms with van der Waals surface area (Å²) in [6, 6.07) is 2.08. The highest BCUT2D eigenvalue weighted by atomic mass is 32.1. The number of benzene rings is 1. The Morgan fingerprint density at radius 1 is 1.26 bits per heavy atom. The first-order valence-electron chi connectivity index (χ1n) is 15.0. The van der Waals surface area contributed by atoms with Gasteiger partial charge in [-0.15, -0.1) is 11.3 Å². The molecule has 11 nitrogen and oxygen atoms in total. The molecular weight excluding hydrogens is 618 g/mol. The number of methoxy groups -OCH3 is 1. The van der Waals surface area contributed by atoms with Gasteiger partial charge in [-0.2, -0.15) is 10.2 Å². The molecule has 7 rings (SSSR count). The van der Waals surface area contributed by atoms with E-state index in [9.17, 15) is 10.1 Å². The lowest BCUT2D eigenvalue weighted by molar-refractivity contribution is 0.0636. The van der Waals surface area contributed by atoms with E-state index in [1.807, 2.05) is 6.07 Å². The van der Waals surface area contributed by atoms with E-state index in [0.717, 1.165) is 49.9 Å². The first kappa shape index (κ1) is 30.6. The van der Waals surface area contributed by atoms with Gasteiger partial charge in [0, 0.05) is 36.2 Å². The molecule has 240 valence electrons. The van der Waals surface area contributed by atoms with Crippen LogP contribution in [0.4, 0.5) is 18.6 Å². The molecule has 2 saturated heterocycles. The second kappa shape index (κ2) is 11.3. The number of carbonyl (C=O) groups excluding carboxylic acids is 1. The van der Waals surface area contributed by atoms with Crippen LogP contribution in [0.1, 0.15) is 56.7 Å². The number of thiophene rings is 1. The van der Waals surface area contributed by atoms with E-state index in [2.05, 4.69) is 25.2 Å². The number of ether oxygens (including phenoxy) is 4. The summed E-state index contributed by atoms with van der Waals surface area (Å²) >= 11 is 0.849. The molecule has 4 aromatic rings. The number of nitrogens with zero attached hydrogens (tertiary/aromatic N) is 5. The fraction of sp³-hybridized carbons (Fsp3) is 0.469. The Morgan fingerprint density at radius 3 is 2.83 bits per heavy atom. The number of anilines is 1. The number of hydrogen-bond donors (Lipinski definition) is 1. The number of aromatic nitrogens is 3. The number of carbonyl (C=O) groups is 1. The molecule has 0 radical (unpaired) electrons. The zero-order valence-electron chi connectivity index (χ0n) is 25.8. The van der Waals surface area contributed by atoms with E-state index in [0.29, 0.717) is 23.1 Å². The molecule has 3 aromatic heterocycles. The summed E-state index contributed by atoms with van der Waals surface area (Å²) in [6.07, 6.45) is 4.69. The third-order valence-electron chi connectivity index (χ3n) is 8.89. The average molecular weight is 651 g/mol. The van der Waals surface area contributed by atoms with Crippen LogP contribution in [0.25, 0.3) is 32.2 Å². The summed E-state index contributed by atoms with van der Waals surface area (Å²) in [4.78, 5) is 28.2. The van der Waals surface area contributed by atoms with Gasteiger partial charge in [0.2, 0.25) is 0 Å². The predicted octanol–water partition coefficient (Wildman–Crippen LogP) is 6.07. The van der Waals surface area contributed by atoms with E-state index in [4.69, 9.17) is 18.9 Å². The van der Waals surface area contributed by atoms with Crippen LogP contribution in [0.2, 0.25) is 0 Å². The second-order valence-corrected chi connectivity index (χ2v) is 13.9. The second-order valence-electron chi connectivity index (χ2n) is 12.9. The van der Waals surface area contributed by atoms with Gasteiger partial charge in [0.1, 0.15) is 28.8 Å². The molecule has 6 heterocycles. The molecule has 0 saturated carbocycles. The topological polar surface area (TPSA) is 132 Å². The molecule has 0 aliphatic carbocycles. The number of amides is 1. The molecule has 46 heavy (non-hydrogen) atoms. The summed E-state index contributed by atoms with van der Waals surface area (Å²) in [5.74, 6) is -1.43. The van der Waals surface area contributed by atoms with Gasteiger partial charge in [-0.05, 0) is 57.7 Å². The summed E-state index contributed by atoms with van der Waals surface area (Å²) in [6.45, 7) is 7.50. The van der Waals surface area contributed by atoms with Crippen molar-refractivity contribution in [3.8, 4) is 23.3 Å². The van der Waals surface area contributed by atoms with Crippen molar-refractivity contribution in [3.63, 3.8) is 0 Å². The summed E-state index contributed by atoms with van der Waals surface area (Å²) in [5.41, 5.74) is 0.242. The van der Waals surface area contributed by atoms with Crippen molar-refractivity contribution in [2.24, 2.45) is 0 Å². The van der Waals surface area contributed by atoms with Crippen LogP contribution in [-0.4, -0.2) is 70.0 Å². The standard InChI is InChI=1S/C32H32F2N6O5S/c1-31(2,3)45-30(41)39-28-17(9-35)23-26(36-11-21(33)27(23)46-28)22-20-14-43-13-19(20)18-10-37-29(38-25(18)24(22)34)44-15-32-6-5-7-40(32)12-16(8-32)42-4/h10-11,16H,5-8,12-15H2,1-4H3,(H,39,41)/t16-,32+/m1/s1. The zero-order chi connectivity index (χ0) is 32.4. The highest BCUT2D eigenvalue weighted by molar-refractivity contribution is 7.23. The quantitative estimate of drug-likeness (QED) is 0.262. The first-order chi connectivity index (χ1) is 22.0. The van der Waals surface area contributed by atoms with Crippen molar-refractivity contribution in [2.45, 2.75) is 70.5 Å². The smallest absolute Gasteiger partial charge is 0.412 e. The first-order valence-corrected chi connectivity index (χ1v) is 15.8. The van der Waals surface area contributed by atoms with Gasteiger partial charge in [0.15, 0.2) is 11.6 Å². The Kier molecular flexibility index (Phi) is 7.55. The van der Waals surface area contributed by atoms with Gasteiger partial charge < -0.3 is 18.9 Å². The van der Waals surface area contributed by atoms with E-state index in [-0.39, 0.29) is 68.3 Å². The van der Waals surface area contributed by atoms with E-state index in [1.54, 1.807) is 27.9 Å². The highest BCUT2D eigenvalue weighted by Crippen LogP contribution is 2.46. The van der Waals surface area contributed by atoms with Crippen molar-refractivity contribution >= 4 is 43.4 Å². The molecule has 2 atom stereocenters. The minimum absolute atomic E-state index is 0.00586. The van der Waals surface area contributed by atoms with Crippen molar-refractivity contribution in [3.05, 3.63) is 40.7 Å². The monoisotopic (exact) mass is 650 g/mol. The Labute approximate surface area is 267 Å². The number of nitrogens with one attached hydrogen (secondary N) is 1. The fourth-order valence-corrected chi connectivity index (χ4v) is 7.93. The molecule has 1 N–H and O–H groups in total. The molecule has 2 fully saturated rings. The van der Waals surface area contributed by atoms with Gasteiger partial charge in [-0.25, -0.2) is 18.6 Å². The van der Waals surface area contributed by atoms with Crippen LogP contribution in [-0.2, 0) is 27.4 Å². The number of pyridine rings is 1. The highest BCUT2D eigenvalue weighted by Gasteiger charge is 2.49. The average Bonchev–Trinajstić information content (AvgIpc) is 3.78. The number of rotatable bonds is 6. The van der Waals surface area contributed by atoms with Crippen molar-refractivity contribution in [1.29, 1.82) is 5.26 Å². The van der Waals surface area contributed by atoms with Crippen molar-refractivity contribution in [2.75, 3.05) is 32.1 Å². The Balaban J connectivity index is 1.32. The molecule has 0 unspecified atom stereocenters. The van der Waals surface area contributed by atoms with E-state index >= 15 is 8.78 Å².